The highest BCUT2D eigenvalue weighted by Crippen LogP contribution is 2.25. The van der Waals surface area contributed by atoms with Crippen LogP contribution in [0.2, 0.25) is 0 Å². The van der Waals surface area contributed by atoms with E-state index < -0.39 is 0 Å². The molecule has 2 rings (SSSR count). The second-order valence-electron chi connectivity index (χ2n) is 4.27. The maximum Gasteiger partial charge on any atom is 0.0414 e. The van der Waals surface area contributed by atoms with Crippen molar-refractivity contribution < 1.29 is 0 Å². The first-order valence-electron chi connectivity index (χ1n) is 5.70. The molecule has 0 saturated carbocycles. The number of rotatable bonds is 2. The van der Waals surface area contributed by atoms with Gasteiger partial charge in [0.2, 0.25) is 0 Å². The summed E-state index contributed by atoms with van der Waals surface area (Å²) < 4.78 is 0. The van der Waals surface area contributed by atoms with Crippen LogP contribution in [0.3, 0.4) is 0 Å². The number of aryl methyl sites for hydroxylation is 1. The Hall–Kier alpha value is -0.470. The fourth-order valence-electron chi connectivity index (χ4n) is 1.94. The standard InChI is InChI=1S/C13H19NS/c1-3-12-8-15-9-13(14-12)11-6-4-10(2)5-7-11/h4-7,12-14H,3,8-9H2,1-2H3. The van der Waals surface area contributed by atoms with Crippen LogP contribution in [-0.2, 0) is 0 Å². The van der Waals surface area contributed by atoms with Gasteiger partial charge in [-0.2, -0.15) is 11.8 Å². The van der Waals surface area contributed by atoms with E-state index in [1.807, 2.05) is 0 Å². The number of thioether (sulfide) groups is 1. The molecule has 0 aromatic heterocycles. The van der Waals surface area contributed by atoms with Crippen molar-refractivity contribution in [2.45, 2.75) is 32.4 Å². The van der Waals surface area contributed by atoms with E-state index >= 15 is 0 Å². The summed E-state index contributed by atoms with van der Waals surface area (Å²) in [6.45, 7) is 4.40. The predicted octanol–water partition coefficient (Wildman–Crippen LogP) is 3.15. The molecule has 2 unspecified atom stereocenters. The van der Waals surface area contributed by atoms with Gasteiger partial charge in [0.05, 0.1) is 0 Å². The Labute approximate surface area is 96.7 Å². The largest absolute Gasteiger partial charge is 0.306 e. The monoisotopic (exact) mass is 221 g/mol. The van der Waals surface area contributed by atoms with Crippen LogP contribution in [0.25, 0.3) is 0 Å². The normalized spacial score (nSPS) is 26.5. The van der Waals surface area contributed by atoms with Crippen molar-refractivity contribution in [1.29, 1.82) is 0 Å². The van der Waals surface area contributed by atoms with Gasteiger partial charge in [-0.15, -0.1) is 0 Å². The molecule has 0 spiro atoms. The molecular formula is C13H19NS. The van der Waals surface area contributed by atoms with Gasteiger partial charge in [0.1, 0.15) is 0 Å². The Morgan fingerprint density at radius 2 is 2.00 bits per heavy atom. The maximum absolute atomic E-state index is 3.72. The summed E-state index contributed by atoms with van der Waals surface area (Å²) >= 11 is 2.07. The first-order valence-corrected chi connectivity index (χ1v) is 6.85. The average molecular weight is 221 g/mol. The van der Waals surface area contributed by atoms with Crippen molar-refractivity contribution in [2.24, 2.45) is 0 Å². The summed E-state index contributed by atoms with van der Waals surface area (Å²) in [6, 6.07) is 10.2. The van der Waals surface area contributed by atoms with Gasteiger partial charge < -0.3 is 5.32 Å². The van der Waals surface area contributed by atoms with Crippen LogP contribution in [-0.4, -0.2) is 17.5 Å². The average Bonchev–Trinajstić information content (AvgIpc) is 2.30. The van der Waals surface area contributed by atoms with Gasteiger partial charge >= 0.3 is 0 Å². The molecule has 0 amide bonds. The topological polar surface area (TPSA) is 12.0 Å². The van der Waals surface area contributed by atoms with Crippen molar-refractivity contribution >= 4 is 11.8 Å². The highest BCUT2D eigenvalue weighted by Gasteiger charge is 2.20. The molecule has 1 fully saturated rings. The van der Waals surface area contributed by atoms with E-state index in [4.69, 9.17) is 0 Å². The second kappa shape index (κ2) is 5.04. The van der Waals surface area contributed by atoms with E-state index in [1.165, 1.54) is 29.1 Å². The third kappa shape index (κ3) is 2.76. The summed E-state index contributed by atoms with van der Waals surface area (Å²) in [5.41, 5.74) is 2.78. The number of hydrogen-bond acceptors (Lipinski definition) is 2. The second-order valence-corrected chi connectivity index (χ2v) is 5.35. The fourth-order valence-corrected chi connectivity index (χ4v) is 3.21. The highest BCUT2D eigenvalue weighted by molar-refractivity contribution is 7.99. The number of benzene rings is 1. The lowest BCUT2D eigenvalue weighted by atomic mass is 10.0. The summed E-state index contributed by atoms with van der Waals surface area (Å²) in [5, 5.41) is 3.72. The fraction of sp³-hybridized carbons (Fsp3) is 0.538. The molecule has 1 aromatic carbocycles. The Morgan fingerprint density at radius 3 is 2.67 bits per heavy atom. The molecule has 1 N–H and O–H groups in total. The lowest BCUT2D eigenvalue weighted by Crippen LogP contribution is -2.39. The Bertz CT molecular complexity index is 307. The van der Waals surface area contributed by atoms with E-state index in [2.05, 4.69) is 55.2 Å². The smallest absolute Gasteiger partial charge is 0.0414 e. The van der Waals surface area contributed by atoms with Crippen LogP contribution in [0.4, 0.5) is 0 Å². The van der Waals surface area contributed by atoms with Crippen LogP contribution in [0.1, 0.15) is 30.5 Å². The van der Waals surface area contributed by atoms with Crippen molar-refractivity contribution in [2.75, 3.05) is 11.5 Å². The van der Waals surface area contributed by atoms with E-state index in [0.29, 0.717) is 12.1 Å². The lowest BCUT2D eigenvalue weighted by Gasteiger charge is -2.30. The van der Waals surface area contributed by atoms with Crippen molar-refractivity contribution in [3.8, 4) is 0 Å². The molecule has 1 aromatic rings. The molecule has 1 aliphatic heterocycles. The third-order valence-corrected chi connectivity index (χ3v) is 4.22. The van der Waals surface area contributed by atoms with Crippen LogP contribution < -0.4 is 5.32 Å². The first kappa shape index (κ1) is 11.0. The molecule has 1 saturated heterocycles. The van der Waals surface area contributed by atoms with Crippen molar-refractivity contribution in [1.82, 2.24) is 5.32 Å². The molecule has 1 heterocycles. The van der Waals surface area contributed by atoms with E-state index in [0.717, 1.165) is 0 Å². The zero-order chi connectivity index (χ0) is 10.7. The number of nitrogens with one attached hydrogen (secondary N) is 1. The SMILES string of the molecule is CCC1CSCC(c2ccc(C)cc2)N1. The molecule has 1 aliphatic rings. The van der Waals surface area contributed by atoms with Crippen LogP contribution in [0, 0.1) is 6.92 Å². The van der Waals surface area contributed by atoms with E-state index in [-0.39, 0.29) is 0 Å². The molecule has 2 atom stereocenters. The lowest BCUT2D eigenvalue weighted by molar-refractivity contribution is 0.466. The summed E-state index contributed by atoms with van der Waals surface area (Å²) in [7, 11) is 0. The Morgan fingerprint density at radius 1 is 1.27 bits per heavy atom. The zero-order valence-corrected chi connectivity index (χ0v) is 10.3. The van der Waals surface area contributed by atoms with Crippen LogP contribution in [0.5, 0.6) is 0 Å². The third-order valence-electron chi connectivity index (χ3n) is 3.01. The van der Waals surface area contributed by atoms with Gasteiger partial charge in [-0.05, 0) is 18.9 Å². The summed E-state index contributed by atoms with van der Waals surface area (Å²) in [5.74, 6) is 2.47. The quantitative estimate of drug-likeness (QED) is 0.823. The minimum atomic E-state index is 0.550. The highest BCUT2D eigenvalue weighted by atomic mass is 32.2. The van der Waals surface area contributed by atoms with Crippen LogP contribution in [0.15, 0.2) is 24.3 Å². The predicted molar refractivity (Wildman–Crippen MR) is 68.5 cm³/mol. The van der Waals surface area contributed by atoms with Gasteiger partial charge in [0.25, 0.3) is 0 Å². The molecule has 2 heteroatoms. The molecule has 82 valence electrons. The van der Waals surface area contributed by atoms with Gasteiger partial charge in [-0.1, -0.05) is 36.8 Å². The minimum absolute atomic E-state index is 0.550. The van der Waals surface area contributed by atoms with E-state index in [1.54, 1.807) is 0 Å². The number of hydrogen-bond donors (Lipinski definition) is 1. The van der Waals surface area contributed by atoms with Gasteiger partial charge in [-0.25, -0.2) is 0 Å². The van der Waals surface area contributed by atoms with Crippen LogP contribution >= 0.6 is 11.8 Å². The molecule has 0 bridgehead atoms. The molecule has 0 aliphatic carbocycles. The Kier molecular flexibility index (Phi) is 3.71. The molecule has 1 nitrogen and oxygen atoms in total. The molecular weight excluding hydrogens is 202 g/mol. The molecule has 0 radical (unpaired) electrons. The van der Waals surface area contributed by atoms with Crippen molar-refractivity contribution in [3.63, 3.8) is 0 Å². The zero-order valence-electron chi connectivity index (χ0n) is 9.49. The van der Waals surface area contributed by atoms with Gasteiger partial charge in [0.15, 0.2) is 0 Å². The first-order chi connectivity index (χ1) is 7.29. The van der Waals surface area contributed by atoms with Gasteiger partial charge in [-0.3, -0.25) is 0 Å². The minimum Gasteiger partial charge on any atom is -0.306 e. The maximum atomic E-state index is 3.72. The molecule has 15 heavy (non-hydrogen) atoms. The summed E-state index contributed by atoms with van der Waals surface area (Å²) in [4.78, 5) is 0. The van der Waals surface area contributed by atoms with Gasteiger partial charge in [0, 0.05) is 23.6 Å². The summed E-state index contributed by atoms with van der Waals surface area (Å²) in [6.07, 6.45) is 1.23. The Balaban J connectivity index is 2.06. The van der Waals surface area contributed by atoms with E-state index in [9.17, 15) is 0 Å². The van der Waals surface area contributed by atoms with Crippen molar-refractivity contribution in [3.05, 3.63) is 35.4 Å².